The molecule has 1 aromatic carbocycles. The standard InChI is InChI=1S/C13H16F2N2O/c1-2-17-12(18)6-5-11(16)13(17)8-3-4-9(14)10(15)7-8/h3-4,7,11,13H,2,5-6,16H2,1H3. The zero-order chi connectivity index (χ0) is 13.3. The first-order valence-electron chi connectivity index (χ1n) is 6.04. The van der Waals surface area contributed by atoms with Crippen molar-refractivity contribution in [3.63, 3.8) is 0 Å². The van der Waals surface area contributed by atoms with Crippen LogP contribution >= 0.6 is 0 Å². The molecule has 0 spiro atoms. The van der Waals surface area contributed by atoms with Gasteiger partial charge in [0.25, 0.3) is 0 Å². The molecule has 18 heavy (non-hydrogen) atoms. The fourth-order valence-electron chi connectivity index (χ4n) is 2.47. The van der Waals surface area contributed by atoms with Gasteiger partial charge in [0.1, 0.15) is 0 Å². The molecule has 1 amide bonds. The van der Waals surface area contributed by atoms with Crippen molar-refractivity contribution in [3.05, 3.63) is 35.4 Å². The van der Waals surface area contributed by atoms with Gasteiger partial charge in [0.15, 0.2) is 11.6 Å². The van der Waals surface area contributed by atoms with Crippen LogP contribution in [0.2, 0.25) is 0 Å². The molecule has 98 valence electrons. The number of hydrogen-bond acceptors (Lipinski definition) is 2. The van der Waals surface area contributed by atoms with Crippen LogP contribution in [0.3, 0.4) is 0 Å². The number of likely N-dealkylation sites (N-methyl/N-ethyl adjacent to an activating group) is 1. The van der Waals surface area contributed by atoms with Crippen LogP contribution in [0, 0.1) is 11.6 Å². The number of nitrogens with zero attached hydrogens (tertiary/aromatic N) is 1. The van der Waals surface area contributed by atoms with Gasteiger partial charge in [-0.15, -0.1) is 0 Å². The summed E-state index contributed by atoms with van der Waals surface area (Å²) in [7, 11) is 0. The second kappa shape index (κ2) is 5.02. The van der Waals surface area contributed by atoms with Gasteiger partial charge in [0, 0.05) is 19.0 Å². The maximum absolute atomic E-state index is 13.3. The molecular weight excluding hydrogens is 238 g/mol. The number of piperidine rings is 1. The molecule has 1 saturated heterocycles. The topological polar surface area (TPSA) is 46.3 Å². The van der Waals surface area contributed by atoms with Gasteiger partial charge >= 0.3 is 0 Å². The number of rotatable bonds is 2. The highest BCUT2D eigenvalue weighted by molar-refractivity contribution is 5.77. The lowest BCUT2D eigenvalue weighted by atomic mass is 9.90. The highest BCUT2D eigenvalue weighted by atomic mass is 19.2. The van der Waals surface area contributed by atoms with Crippen LogP contribution < -0.4 is 5.73 Å². The molecule has 3 nitrogen and oxygen atoms in total. The van der Waals surface area contributed by atoms with E-state index in [1.54, 1.807) is 4.90 Å². The molecule has 2 unspecified atom stereocenters. The predicted octanol–water partition coefficient (Wildman–Crippen LogP) is 1.98. The van der Waals surface area contributed by atoms with E-state index in [0.717, 1.165) is 12.1 Å². The van der Waals surface area contributed by atoms with E-state index in [-0.39, 0.29) is 18.0 Å². The van der Waals surface area contributed by atoms with Crippen LogP contribution in [0.15, 0.2) is 18.2 Å². The summed E-state index contributed by atoms with van der Waals surface area (Å²) in [4.78, 5) is 13.4. The molecule has 1 heterocycles. The third-order valence-corrected chi connectivity index (χ3v) is 3.38. The highest BCUT2D eigenvalue weighted by Gasteiger charge is 2.34. The average Bonchev–Trinajstić information content (AvgIpc) is 2.35. The Labute approximate surface area is 105 Å². The van der Waals surface area contributed by atoms with Crippen LogP contribution in [-0.2, 0) is 4.79 Å². The van der Waals surface area contributed by atoms with E-state index in [0.29, 0.717) is 24.9 Å². The van der Waals surface area contributed by atoms with Crippen molar-refractivity contribution in [2.75, 3.05) is 6.54 Å². The van der Waals surface area contributed by atoms with Crippen molar-refractivity contribution < 1.29 is 13.6 Å². The maximum atomic E-state index is 13.3. The van der Waals surface area contributed by atoms with Gasteiger partial charge in [0.05, 0.1) is 6.04 Å². The summed E-state index contributed by atoms with van der Waals surface area (Å²) < 4.78 is 26.2. The number of hydrogen-bond donors (Lipinski definition) is 1. The van der Waals surface area contributed by atoms with Crippen LogP contribution in [0.4, 0.5) is 8.78 Å². The average molecular weight is 254 g/mol. The van der Waals surface area contributed by atoms with Crippen molar-refractivity contribution in [2.45, 2.75) is 31.8 Å². The largest absolute Gasteiger partial charge is 0.334 e. The zero-order valence-corrected chi connectivity index (χ0v) is 10.2. The van der Waals surface area contributed by atoms with Crippen LogP contribution in [0.5, 0.6) is 0 Å². The summed E-state index contributed by atoms with van der Waals surface area (Å²) in [6.45, 7) is 2.36. The van der Waals surface area contributed by atoms with Crippen molar-refractivity contribution in [3.8, 4) is 0 Å². The van der Waals surface area contributed by atoms with Crippen LogP contribution in [-0.4, -0.2) is 23.4 Å². The molecule has 0 aromatic heterocycles. The van der Waals surface area contributed by atoms with Crippen molar-refractivity contribution in [1.82, 2.24) is 4.90 Å². The Bertz CT molecular complexity index is 464. The van der Waals surface area contributed by atoms with Gasteiger partial charge < -0.3 is 10.6 Å². The fraction of sp³-hybridized carbons (Fsp3) is 0.462. The first kappa shape index (κ1) is 13.0. The molecule has 1 aliphatic rings. The Morgan fingerprint density at radius 3 is 2.72 bits per heavy atom. The van der Waals surface area contributed by atoms with E-state index in [9.17, 15) is 13.6 Å². The quantitative estimate of drug-likeness (QED) is 0.877. The van der Waals surface area contributed by atoms with Gasteiger partial charge in [-0.05, 0) is 31.0 Å². The maximum Gasteiger partial charge on any atom is 0.223 e. The smallest absolute Gasteiger partial charge is 0.223 e. The molecule has 0 radical (unpaired) electrons. The number of likely N-dealkylation sites (tertiary alicyclic amines) is 1. The summed E-state index contributed by atoms with van der Waals surface area (Å²) >= 11 is 0. The molecule has 0 saturated carbocycles. The third-order valence-electron chi connectivity index (χ3n) is 3.38. The number of halogens is 2. The van der Waals surface area contributed by atoms with Gasteiger partial charge in [-0.3, -0.25) is 4.79 Å². The molecule has 0 bridgehead atoms. The van der Waals surface area contributed by atoms with E-state index >= 15 is 0 Å². The van der Waals surface area contributed by atoms with Crippen molar-refractivity contribution in [2.24, 2.45) is 5.73 Å². The second-order valence-electron chi connectivity index (χ2n) is 4.50. The van der Waals surface area contributed by atoms with Crippen molar-refractivity contribution in [1.29, 1.82) is 0 Å². The second-order valence-corrected chi connectivity index (χ2v) is 4.50. The van der Waals surface area contributed by atoms with E-state index in [4.69, 9.17) is 5.73 Å². The van der Waals surface area contributed by atoms with E-state index in [1.807, 2.05) is 6.92 Å². The highest BCUT2D eigenvalue weighted by Crippen LogP contribution is 2.31. The lowest BCUT2D eigenvalue weighted by molar-refractivity contribution is -0.137. The molecule has 1 aromatic rings. The van der Waals surface area contributed by atoms with Crippen LogP contribution in [0.1, 0.15) is 31.4 Å². The van der Waals surface area contributed by atoms with E-state index in [2.05, 4.69) is 0 Å². The van der Waals surface area contributed by atoms with E-state index < -0.39 is 11.6 Å². The number of nitrogens with two attached hydrogens (primary N) is 1. The number of carbonyl (C=O) groups excluding carboxylic acids is 1. The zero-order valence-electron chi connectivity index (χ0n) is 10.2. The normalized spacial score (nSPS) is 24.4. The predicted molar refractivity (Wildman–Crippen MR) is 63.7 cm³/mol. The lowest BCUT2D eigenvalue weighted by Crippen LogP contribution is -2.48. The Morgan fingerprint density at radius 2 is 2.11 bits per heavy atom. The number of carbonyl (C=O) groups is 1. The SMILES string of the molecule is CCN1C(=O)CCC(N)C1c1ccc(F)c(F)c1. The lowest BCUT2D eigenvalue weighted by Gasteiger charge is -2.39. The van der Waals surface area contributed by atoms with Crippen LogP contribution in [0.25, 0.3) is 0 Å². The molecule has 2 atom stereocenters. The molecule has 2 rings (SSSR count). The first-order chi connectivity index (χ1) is 8.54. The first-order valence-corrected chi connectivity index (χ1v) is 6.04. The Balaban J connectivity index is 2.38. The van der Waals surface area contributed by atoms with E-state index in [1.165, 1.54) is 6.07 Å². The number of amides is 1. The number of benzene rings is 1. The minimum absolute atomic E-state index is 0.00827. The third kappa shape index (κ3) is 2.22. The molecule has 1 aliphatic heterocycles. The Hall–Kier alpha value is -1.49. The summed E-state index contributed by atoms with van der Waals surface area (Å²) in [6, 6.07) is 3.08. The van der Waals surface area contributed by atoms with Gasteiger partial charge in [0.2, 0.25) is 5.91 Å². The summed E-state index contributed by atoms with van der Waals surface area (Å²) in [6.07, 6.45) is 0.980. The summed E-state index contributed by atoms with van der Waals surface area (Å²) in [5.41, 5.74) is 6.57. The minimum atomic E-state index is -0.909. The monoisotopic (exact) mass is 254 g/mol. The van der Waals surface area contributed by atoms with Gasteiger partial charge in [-0.25, -0.2) is 8.78 Å². The Morgan fingerprint density at radius 1 is 1.39 bits per heavy atom. The summed E-state index contributed by atoms with van der Waals surface area (Å²) in [5, 5.41) is 0. The summed E-state index contributed by atoms with van der Waals surface area (Å²) in [5.74, 6) is -1.79. The minimum Gasteiger partial charge on any atom is -0.334 e. The Kier molecular flexibility index (Phi) is 3.61. The molecule has 2 N–H and O–H groups in total. The molecule has 1 fully saturated rings. The molecular formula is C13H16F2N2O. The molecule has 0 aliphatic carbocycles. The van der Waals surface area contributed by atoms with Crippen molar-refractivity contribution >= 4 is 5.91 Å². The van der Waals surface area contributed by atoms with Gasteiger partial charge in [-0.1, -0.05) is 6.07 Å². The fourth-order valence-corrected chi connectivity index (χ4v) is 2.47. The van der Waals surface area contributed by atoms with Gasteiger partial charge in [-0.2, -0.15) is 0 Å². The molecule has 5 heteroatoms.